The summed E-state index contributed by atoms with van der Waals surface area (Å²) in [4.78, 5) is 2.00. The quantitative estimate of drug-likeness (QED) is 0.854. The second-order valence-electron chi connectivity index (χ2n) is 5.17. The van der Waals surface area contributed by atoms with Crippen LogP contribution in [0.2, 0.25) is 0 Å². The number of nitrogens with zero attached hydrogens (tertiary/aromatic N) is 3. The topological polar surface area (TPSA) is 47.5 Å². The fourth-order valence-corrected chi connectivity index (χ4v) is 4.68. The van der Waals surface area contributed by atoms with Gasteiger partial charge in [-0.3, -0.25) is 0 Å². The standard InChI is InChI=1S/C12H19N3O2S2/c1-15(2)10-13-14-11(19-10)18-9-3-5-12(6-4-9)16-7-8-17-12/h9H,3-8H2,1-2H3. The molecule has 5 nitrogen and oxygen atoms in total. The third kappa shape index (κ3) is 3.04. The van der Waals surface area contributed by atoms with Gasteiger partial charge in [0.15, 0.2) is 10.1 Å². The van der Waals surface area contributed by atoms with Gasteiger partial charge in [-0.25, -0.2) is 0 Å². The van der Waals surface area contributed by atoms with Crippen molar-refractivity contribution in [3.05, 3.63) is 0 Å². The monoisotopic (exact) mass is 301 g/mol. The van der Waals surface area contributed by atoms with E-state index in [2.05, 4.69) is 10.2 Å². The Bertz CT molecular complexity index is 422. The van der Waals surface area contributed by atoms with Crippen molar-refractivity contribution in [2.45, 2.75) is 41.1 Å². The van der Waals surface area contributed by atoms with Gasteiger partial charge >= 0.3 is 0 Å². The lowest BCUT2D eigenvalue weighted by Crippen LogP contribution is -2.35. The van der Waals surface area contributed by atoms with Gasteiger partial charge in [0.25, 0.3) is 0 Å². The van der Waals surface area contributed by atoms with Crippen LogP contribution in [0.3, 0.4) is 0 Å². The smallest absolute Gasteiger partial charge is 0.208 e. The molecule has 106 valence electrons. The van der Waals surface area contributed by atoms with E-state index in [-0.39, 0.29) is 5.79 Å². The van der Waals surface area contributed by atoms with Crippen LogP contribution < -0.4 is 4.90 Å². The highest BCUT2D eigenvalue weighted by molar-refractivity contribution is 8.01. The first-order chi connectivity index (χ1) is 9.17. The van der Waals surface area contributed by atoms with Crippen molar-refractivity contribution < 1.29 is 9.47 Å². The highest BCUT2D eigenvalue weighted by atomic mass is 32.2. The molecule has 1 aromatic rings. The lowest BCUT2D eigenvalue weighted by atomic mass is 9.94. The molecule has 0 atom stereocenters. The third-order valence-electron chi connectivity index (χ3n) is 3.55. The van der Waals surface area contributed by atoms with Gasteiger partial charge in [0, 0.05) is 32.2 Å². The van der Waals surface area contributed by atoms with E-state index < -0.39 is 0 Å². The van der Waals surface area contributed by atoms with Crippen LogP contribution in [-0.4, -0.2) is 48.5 Å². The molecule has 7 heteroatoms. The fraction of sp³-hybridized carbons (Fsp3) is 0.833. The van der Waals surface area contributed by atoms with Crippen LogP contribution in [0.15, 0.2) is 4.34 Å². The number of thioether (sulfide) groups is 1. The summed E-state index contributed by atoms with van der Waals surface area (Å²) in [5, 5.41) is 10.0. The molecule has 1 spiro atoms. The first-order valence-corrected chi connectivity index (χ1v) is 8.32. The summed E-state index contributed by atoms with van der Waals surface area (Å²) in [5.74, 6) is -0.257. The summed E-state index contributed by atoms with van der Waals surface area (Å²) in [5.41, 5.74) is 0. The van der Waals surface area contributed by atoms with Gasteiger partial charge < -0.3 is 14.4 Å². The molecule has 1 saturated heterocycles. The van der Waals surface area contributed by atoms with Crippen molar-refractivity contribution in [2.75, 3.05) is 32.2 Å². The van der Waals surface area contributed by atoms with Crippen LogP contribution in [0.1, 0.15) is 25.7 Å². The molecular weight excluding hydrogens is 282 g/mol. The SMILES string of the molecule is CN(C)c1nnc(SC2CCC3(CC2)OCCO3)s1. The minimum absolute atomic E-state index is 0.257. The van der Waals surface area contributed by atoms with E-state index in [1.54, 1.807) is 11.3 Å². The van der Waals surface area contributed by atoms with Crippen molar-refractivity contribution in [3.8, 4) is 0 Å². The summed E-state index contributed by atoms with van der Waals surface area (Å²) < 4.78 is 12.6. The Balaban J connectivity index is 1.54. The molecule has 1 saturated carbocycles. The molecule has 0 aromatic carbocycles. The number of hydrogen-bond acceptors (Lipinski definition) is 7. The van der Waals surface area contributed by atoms with Gasteiger partial charge in [0.2, 0.25) is 5.13 Å². The number of aromatic nitrogens is 2. The Morgan fingerprint density at radius 1 is 1.21 bits per heavy atom. The van der Waals surface area contributed by atoms with Crippen molar-refractivity contribution in [3.63, 3.8) is 0 Å². The maximum absolute atomic E-state index is 5.75. The largest absolute Gasteiger partial charge is 0.353 e. The van der Waals surface area contributed by atoms with Crippen LogP contribution in [0.5, 0.6) is 0 Å². The number of anilines is 1. The predicted octanol–water partition coefficient (Wildman–Crippen LogP) is 2.38. The molecule has 0 unspecified atom stereocenters. The number of hydrogen-bond donors (Lipinski definition) is 0. The highest BCUT2D eigenvalue weighted by Crippen LogP contribution is 2.42. The van der Waals surface area contributed by atoms with Crippen molar-refractivity contribution in [2.24, 2.45) is 0 Å². The Kier molecular flexibility index (Phi) is 3.98. The van der Waals surface area contributed by atoms with Crippen LogP contribution in [0, 0.1) is 0 Å². The molecule has 1 aliphatic heterocycles. The fourth-order valence-electron chi connectivity index (χ4n) is 2.51. The first kappa shape index (κ1) is 13.6. The second kappa shape index (κ2) is 5.55. The third-order valence-corrected chi connectivity index (χ3v) is 6.07. The van der Waals surface area contributed by atoms with Gasteiger partial charge in [-0.2, -0.15) is 0 Å². The average Bonchev–Trinajstić information content (AvgIpc) is 3.02. The average molecular weight is 301 g/mol. The minimum atomic E-state index is -0.257. The van der Waals surface area contributed by atoms with Gasteiger partial charge in [-0.05, 0) is 12.8 Å². The molecule has 0 N–H and O–H groups in total. The minimum Gasteiger partial charge on any atom is -0.353 e. The van der Waals surface area contributed by atoms with Gasteiger partial charge in [0.05, 0.1) is 13.2 Å². The molecule has 1 aromatic heterocycles. The zero-order chi connectivity index (χ0) is 13.3. The van der Waals surface area contributed by atoms with Gasteiger partial charge in [-0.15, -0.1) is 10.2 Å². The Hall–Kier alpha value is -0.370. The molecular formula is C12H19N3O2S2. The Morgan fingerprint density at radius 2 is 1.89 bits per heavy atom. The molecule has 0 radical (unpaired) electrons. The lowest BCUT2D eigenvalue weighted by Gasteiger charge is -2.34. The predicted molar refractivity (Wildman–Crippen MR) is 77.0 cm³/mol. The van der Waals surface area contributed by atoms with E-state index in [1.807, 2.05) is 30.8 Å². The van der Waals surface area contributed by atoms with Gasteiger partial charge in [-0.1, -0.05) is 23.1 Å². The van der Waals surface area contributed by atoms with E-state index in [0.29, 0.717) is 5.25 Å². The van der Waals surface area contributed by atoms with E-state index >= 15 is 0 Å². The second-order valence-corrected chi connectivity index (χ2v) is 7.67. The molecule has 0 amide bonds. The number of rotatable bonds is 3. The molecule has 1 aliphatic carbocycles. The maximum Gasteiger partial charge on any atom is 0.208 e. The van der Waals surface area contributed by atoms with Crippen molar-refractivity contribution in [1.82, 2.24) is 10.2 Å². The Labute approximate surface area is 121 Å². The van der Waals surface area contributed by atoms with Crippen LogP contribution in [0.4, 0.5) is 5.13 Å². The molecule has 19 heavy (non-hydrogen) atoms. The van der Waals surface area contributed by atoms with Crippen LogP contribution >= 0.6 is 23.1 Å². The summed E-state index contributed by atoms with van der Waals surface area (Å²) >= 11 is 3.51. The van der Waals surface area contributed by atoms with E-state index in [9.17, 15) is 0 Å². The highest BCUT2D eigenvalue weighted by Gasteiger charge is 2.40. The summed E-state index contributed by atoms with van der Waals surface area (Å²) in [7, 11) is 3.99. The molecule has 2 fully saturated rings. The van der Waals surface area contributed by atoms with E-state index in [1.165, 1.54) is 0 Å². The first-order valence-electron chi connectivity index (χ1n) is 6.62. The lowest BCUT2D eigenvalue weighted by molar-refractivity contribution is -0.175. The summed E-state index contributed by atoms with van der Waals surface area (Å²) in [6, 6.07) is 0. The molecule has 0 bridgehead atoms. The molecule has 2 heterocycles. The normalized spacial score (nSPS) is 23.1. The van der Waals surface area contributed by atoms with Crippen molar-refractivity contribution >= 4 is 28.2 Å². The van der Waals surface area contributed by atoms with Crippen LogP contribution in [-0.2, 0) is 9.47 Å². The summed E-state index contributed by atoms with van der Waals surface area (Å²) in [6.07, 6.45) is 4.26. The van der Waals surface area contributed by atoms with E-state index in [4.69, 9.17) is 9.47 Å². The molecule has 3 rings (SSSR count). The zero-order valence-corrected chi connectivity index (χ0v) is 12.9. The van der Waals surface area contributed by atoms with E-state index in [0.717, 1.165) is 48.4 Å². The summed E-state index contributed by atoms with van der Waals surface area (Å²) in [6.45, 7) is 1.50. The number of ether oxygens (including phenoxy) is 2. The maximum atomic E-state index is 5.75. The van der Waals surface area contributed by atoms with Crippen molar-refractivity contribution in [1.29, 1.82) is 0 Å². The van der Waals surface area contributed by atoms with Gasteiger partial charge in [0.1, 0.15) is 0 Å². The molecule has 2 aliphatic rings. The Morgan fingerprint density at radius 3 is 2.47 bits per heavy atom. The zero-order valence-electron chi connectivity index (χ0n) is 11.3. The van der Waals surface area contributed by atoms with Crippen LogP contribution in [0.25, 0.3) is 0 Å².